The fourth-order valence-corrected chi connectivity index (χ4v) is 3.74. The number of pyridine rings is 1. The zero-order valence-electron chi connectivity index (χ0n) is 18.2. The third kappa shape index (κ3) is 4.67. The van der Waals surface area contributed by atoms with Gasteiger partial charge in [-0.1, -0.05) is 35.5 Å². The van der Waals surface area contributed by atoms with E-state index in [1.165, 1.54) is 6.33 Å². The number of benzene rings is 1. The van der Waals surface area contributed by atoms with Gasteiger partial charge in [0.2, 0.25) is 0 Å². The first-order valence-corrected chi connectivity index (χ1v) is 10.7. The van der Waals surface area contributed by atoms with Gasteiger partial charge in [-0.3, -0.25) is 4.79 Å². The topological polar surface area (TPSA) is 100 Å². The van der Waals surface area contributed by atoms with Crippen LogP contribution >= 0.6 is 0 Å². The van der Waals surface area contributed by atoms with E-state index in [-0.39, 0.29) is 5.91 Å². The van der Waals surface area contributed by atoms with Crippen LogP contribution in [0.15, 0.2) is 71.6 Å². The molecule has 1 aliphatic rings. The highest BCUT2D eigenvalue weighted by molar-refractivity contribution is 5.93. The molecule has 4 heterocycles. The van der Waals surface area contributed by atoms with E-state index < -0.39 is 0 Å². The number of aryl methyl sites for hydroxylation is 1. The molecule has 1 N–H and O–H groups in total. The van der Waals surface area contributed by atoms with Crippen molar-refractivity contribution in [2.45, 2.75) is 6.92 Å². The molecule has 0 aliphatic carbocycles. The number of nitrogens with zero attached hydrogens (tertiary/aromatic N) is 6. The second-order valence-electron chi connectivity index (χ2n) is 7.83. The average molecular weight is 441 g/mol. The Bertz CT molecular complexity index is 1250. The van der Waals surface area contributed by atoms with Gasteiger partial charge in [-0.2, -0.15) is 0 Å². The van der Waals surface area contributed by atoms with Crippen molar-refractivity contribution < 1.29 is 9.32 Å². The fourth-order valence-electron chi connectivity index (χ4n) is 3.74. The van der Waals surface area contributed by atoms with E-state index in [0.29, 0.717) is 43.5 Å². The minimum absolute atomic E-state index is 0.129. The molecular weight excluding hydrogens is 418 g/mol. The number of carbonyl (C=O) groups is 1. The Balaban J connectivity index is 1.21. The molecule has 4 aromatic rings. The van der Waals surface area contributed by atoms with Crippen LogP contribution < -0.4 is 10.2 Å². The summed E-state index contributed by atoms with van der Waals surface area (Å²) in [6.45, 7) is 4.47. The summed E-state index contributed by atoms with van der Waals surface area (Å²) < 4.78 is 5.39. The maximum Gasteiger partial charge on any atom is 0.276 e. The van der Waals surface area contributed by atoms with Crippen LogP contribution in [0.1, 0.15) is 16.1 Å². The highest BCUT2D eigenvalue weighted by Crippen LogP contribution is 2.22. The number of nitrogens with one attached hydrogen (secondary N) is 1. The molecule has 9 nitrogen and oxygen atoms in total. The number of rotatable bonds is 5. The monoisotopic (exact) mass is 441 g/mol. The third-order valence-electron chi connectivity index (χ3n) is 5.50. The van der Waals surface area contributed by atoms with Gasteiger partial charge in [0.25, 0.3) is 5.91 Å². The lowest BCUT2D eigenvalue weighted by Gasteiger charge is -2.35. The molecule has 1 fully saturated rings. The smallest absolute Gasteiger partial charge is 0.276 e. The Morgan fingerprint density at radius 1 is 0.939 bits per heavy atom. The van der Waals surface area contributed by atoms with Crippen molar-refractivity contribution in [2.75, 3.05) is 36.4 Å². The molecule has 1 saturated heterocycles. The van der Waals surface area contributed by atoms with Crippen LogP contribution in [-0.2, 0) is 0 Å². The summed E-state index contributed by atoms with van der Waals surface area (Å²) in [4.78, 5) is 29.9. The molecule has 33 heavy (non-hydrogen) atoms. The molecule has 0 bridgehead atoms. The summed E-state index contributed by atoms with van der Waals surface area (Å²) in [5.74, 6) is 2.67. The van der Waals surface area contributed by atoms with Crippen molar-refractivity contribution in [3.05, 3.63) is 78.4 Å². The standard InChI is InChI=1S/C24H23N7O2/c1-17-7-8-25-21(13-17)28-22-15-23(27-16-26-22)30-9-11-31(12-10-30)24(32)19-14-20(33-29-19)18-5-3-2-4-6-18/h2-8,13-16H,9-12H2,1H3,(H,25,26,27,28). The van der Waals surface area contributed by atoms with Gasteiger partial charge in [-0.25, -0.2) is 15.0 Å². The van der Waals surface area contributed by atoms with Gasteiger partial charge in [0.15, 0.2) is 11.5 Å². The number of carbonyl (C=O) groups excluding carboxylic acids is 1. The maximum absolute atomic E-state index is 12.9. The Morgan fingerprint density at radius 2 is 1.73 bits per heavy atom. The highest BCUT2D eigenvalue weighted by atomic mass is 16.5. The van der Waals surface area contributed by atoms with E-state index in [0.717, 1.165) is 22.8 Å². The third-order valence-corrected chi connectivity index (χ3v) is 5.50. The predicted molar refractivity (Wildman–Crippen MR) is 124 cm³/mol. The molecule has 0 atom stereocenters. The van der Waals surface area contributed by atoms with Crippen LogP contribution in [0.3, 0.4) is 0 Å². The summed E-state index contributed by atoms with van der Waals surface area (Å²) in [6.07, 6.45) is 3.29. The van der Waals surface area contributed by atoms with Crippen LogP contribution in [-0.4, -0.2) is 57.1 Å². The van der Waals surface area contributed by atoms with Crippen LogP contribution in [0.5, 0.6) is 0 Å². The van der Waals surface area contributed by atoms with Crippen molar-refractivity contribution in [3.63, 3.8) is 0 Å². The first-order chi connectivity index (χ1) is 16.2. The first-order valence-electron chi connectivity index (χ1n) is 10.7. The second kappa shape index (κ2) is 9.07. The Hall–Kier alpha value is -4.27. The molecule has 5 rings (SSSR count). The van der Waals surface area contributed by atoms with Gasteiger partial charge >= 0.3 is 0 Å². The van der Waals surface area contributed by atoms with Gasteiger partial charge in [0, 0.05) is 50.1 Å². The van der Waals surface area contributed by atoms with E-state index in [4.69, 9.17) is 4.52 Å². The Labute approximate surface area is 191 Å². The normalized spacial score (nSPS) is 13.7. The van der Waals surface area contributed by atoms with Crippen LogP contribution in [0, 0.1) is 6.92 Å². The molecule has 0 saturated carbocycles. The molecule has 0 unspecified atom stereocenters. The van der Waals surface area contributed by atoms with E-state index in [1.54, 1.807) is 17.2 Å². The van der Waals surface area contributed by atoms with Crippen molar-refractivity contribution in [1.82, 2.24) is 25.0 Å². The second-order valence-corrected chi connectivity index (χ2v) is 7.83. The lowest BCUT2D eigenvalue weighted by atomic mass is 10.1. The summed E-state index contributed by atoms with van der Waals surface area (Å²) in [5, 5.41) is 7.20. The maximum atomic E-state index is 12.9. The predicted octanol–water partition coefficient (Wildman–Crippen LogP) is 3.54. The molecular formula is C24H23N7O2. The first kappa shape index (κ1) is 20.6. The van der Waals surface area contributed by atoms with Crippen LogP contribution in [0.4, 0.5) is 17.5 Å². The zero-order chi connectivity index (χ0) is 22.6. The number of piperazine rings is 1. The van der Waals surface area contributed by atoms with E-state index in [1.807, 2.05) is 55.5 Å². The number of anilines is 3. The van der Waals surface area contributed by atoms with Crippen molar-refractivity contribution in [3.8, 4) is 11.3 Å². The van der Waals surface area contributed by atoms with Crippen LogP contribution in [0.2, 0.25) is 0 Å². The molecule has 166 valence electrons. The molecule has 1 aromatic carbocycles. The highest BCUT2D eigenvalue weighted by Gasteiger charge is 2.25. The van der Waals surface area contributed by atoms with E-state index >= 15 is 0 Å². The van der Waals surface area contributed by atoms with Gasteiger partial charge in [0.05, 0.1) is 0 Å². The minimum atomic E-state index is -0.129. The largest absolute Gasteiger partial charge is 0.355 e. The lowest BCUT2D eigenvalue weighted by molar-refractivity contribution is 0.0736. The lowest BCUT2D eigenvalue weighted by Crippen LogP contribution is -2.49. The minimum Gasteiger partial charge on any atom is -0.355 e. The molecule has 3 aromatic heterocycles. The number of amides is 1. The molecule has 9 heteroatoms. The molecule has 0 spiro atoms. The molecule has 1 amide bonds. The quantitative estimate of drug-likeness (QED) is 0.502. The van der Waals surface area contributed by atoms with E-state index in [9.17, 15) is 4.79 Å². The fraction of sp³-hybridized carbons (Fsp3) is 0.208. The van der Waals surface area contributed by atoms with Gasteiger partial charge < -0.3 is 19.6 Å². The summed E-state index contributed by atoms with van der Waals surface area (Å²) in [7, 11) is 0. The Morgan fingerprint density at radius 3 is 2.52 bits per heavy atom. The molecule has 0 radical (unpaired) electrons. The van der Waals surface area contributed by atoms with Gasteiger partial charge in [0.1, 0.15) is 23.8 Å². The summed E-state index contributed by atoms with van der Waals surface area (Å²) in [6, 6.07) is 17.1. The zero-order valence-corrected chi connectivity index (χ0v) is 18.2. The van der Waals surface area contributed by atoms with Crippen molar-refractivity contribution in [1.29, 1.82) is 0 Å². The SMILES string of the molecule is Cc1ccnc(Nc2cc(N3CCN(C(=O)c4cc(-c5ccccc5)on4)CC3)ncn2)c1. The van der Waals surface area contributed by atoms with Gasteiger partial charge in [-0.15, -0.1) is 0 Å². The average Bonchev–Trinajstić information content (AvgIpc) is 3.35. The number of hydrogen-bond donors (Lipinski definition) is 1. The van der Waals surface area contributed by atoms with Gasteiger partial charge in [-0.05, 0) is 24.6 Å². The number of aromatic nitrogens is 4. The molecule has 1 aliphatic heterocycles. The summed E-state index contributed by atoms with van der Waals surface area (Å²) in [5.41, 5.74) is 2.33. The van der Waals surface area contributed by atoms with Crippen molar-refractivity contribution in [2.24, 2.45) is 0 Å². The summed E-state index contributed by atoms with van der Waals surface area (Å²) >= 11 is 0. The van der Waals surface area contributed by atoms with Crippen molar-refractivity contribution >= 4 is 23.4 Å². The van der Waals surface area contributed by atoms with Crippen LogP contribution in [0.25, 0.3) is 11.3 Å². The number of hydrogen-bond acceptors (Lipinski definition) is 8. The van der Waals surface area contributed by atoms with E-state index in [2.05, 4.69) is 30.3 Å². The Kier molecular flexibility index (Phi) is 5.67.